The fourth-order valence-electron chi connectivity index (χ4n) is 1.65. The van der Waals surface area contributed by atoms with E-state index in [1.165, 1.54) is 6.26 Å². The van der Waals surface area contributed by atoms with E-state index in [9.17, 15) is 4.79 Å². The van der Waals surface area contributed by atoms with Crippen LogP contribution in [0.25, 0.3) is 0 Å². The van der Waals surface area contributed by atoms with Crippen molar-refractivity contribution in [2.24, 2.45) is 5.16 Å². The van der Waals surface area contributed by atoms with Crippen LogP contribution in [0, 0.1) is 0 Å². The number of rotatable bonds is 8. The topological polar surface area (TPSA) is 95.1 Å². The van der Waals surface area contributed by atoms with Gasteiger partial charge in [0.05, 0.1) is 6.26 Å². The Balaban J connectivity index is 2.12. The van der Waals surface area contributed by atoms with Crippen molar-refractivity contribution >= 4 is 11.6 Å². The molecule has 0 aliphatic rings. The summed E-state index contributed by atoms with van der Waals surface area (Å²) in [4.78, 5) is 10.7. The van der Waals surface area contributed by atoms with Crippen LogP contribution in [0.5, 0.6) is 0 Å². The molecule has 0 unspecified atom stereocenters. The summed E-state index contributed by atoms with van der Waals surface area (Å²) in [7, 11) is 0. The van der Waals surface area contributed by atoms with Gasteiger partial charge < -0.3 is 9.62 Å². The van der Waals surface area contributed by atoms with Crippen molar-refractivity contribution in [3.05, 3.63) is 24.2 Å². The highest BCUT2D eigenvalue weighted by atomic mass is 16.5. The first-order valence-corrected chi connectivity index (χ1v) is 5.95. The van der Waals surface area contributed by atoms with Crippen molar-refractivity contribution in [3.63, 3.8) is 0 Å². The monoisotopic (exact) mass is 254 g/mol. The van der Waals surface area contributed by atoms with E-state index in [0.29, 0.717) is 24.3 Å². The molecule has 0 bridgehead atoms. The number of oxime groups is 1. The van der Waals surface area contributed by atoms with Crippen LogP contribution in [0.4, 0.5) is 0 Å². The Morgan fingerprint density at radius 1 is 1.28 bits per heavy atom. The van der Waals surface area contributed by atoms with E-state index in [1.54, 1.807) is 17.6 Å². The van der Waals surface area contributed by atoms with Crippen LogP contribution in [-0.4, -0.2) is 22.0 Å². The molecule has 3 N–H and O–H groups in total. The molecule has 0 saturated carbocycles. The minimum Gasteiger partial charge on any atom is -0.463 e. The molecule has 1 rings (SSSR count). The quantitative estimate of drug-likeness (QED) is 0.218. The van der Waals surface area contributed by atoms with Crippen LogP contribution >= 0.6 is 0 Å². The standard InChI is InChI=1S/C12H18N2O4/c15-12(14-17)8-4-2-1-3-6-10(13-16)11-7-5-9-18-11/h5,7,9,16-17H,1-4,6,8H2,(H,14,15). The second-order valence-corrected chi connectivity index (χ2v) is 3.97. The first-order valence-electron chi connectivity index (χ1n) is 5.95. The van der Waals surface area contributed by atoms with E-state index in [-0.39, 0.29) is 5.91 Å². The van der Waals surface area contributed by atoms with Crippen molar-refractivity contribution in [2.75, 3.05) is 0 Å². The van der Waals surface area contributed by atoms with Gasteiger partial charge in [0.25, 0.3) is 0 Å². The van der Waals surface area contributed by atoms with Gasteiger partial charge in [0.2, 0.25) is 5.91 Å². The number of unbranched alkanes of at least 4 members (excludes halogenated alkanes) is 3. The van der Waals surface area contributed by atoms with Gasteiger partial charge >= 0.3 is 0 Å². The number of nitrogens with zero attached hydrogens (tertiary/aromatic N) is 1. The Labute approximate surface area is 105 Å². The molecular weight excluding hydrogens is 236 g/mol. The third-order valence-electron chi connectivity index (χ3n) is 2.62. The van der Waals surface area contributed by atoms with Crippen LogP contribution in [0.3, 0.4) is 0 Å². The summed E-state index contributed by atoms with van der Waals surface area (Å²) < 4.78 is 5.14. The first kappa shape index (κ1) is 14.2. The number of hydrogen-bond acceptors (Lipinski definition) is 5. The van der Waals surface area contributed by atoms with Crippen molar-refractivity contribution in [1.82, 2.24) is 5.48 Å². The third-order valence-corrected chi connectivity index (χ3v) is 2.62. The predicted octanol–water partition coefficient (Wildman–Crippen LogP) is 2.30. The van der Waals surface area contributed by atoms with Gasteiger partial charge in [-0.15, -0.1) is 0 Å². The van der Waals surface area contributed by atoms with E-state index in [2.05, 4.69) is 5.16 Å². The number of hydroxylamine groups is 1. The normalized spacial score (nSPS) is 11.5. The van der Waals surface area contributed by atoms with E-state index in [0.717, 1.165) is 25.7 Å². The van der Waals surface area contributed by atoms with E-state index >= 15 is 0 Å². The Hall–Kier alpha value is -1.82. The zero-order valence-corrected chi connectivity index (χ0v) is 10.1. The van der Waals surface area contributed by atoms with Gasteiger partial charge in [-0.2, -0.15) is 0 Å². The van der Waals surface area contributed by atoms with Crippen LogP contribution in [0.2, 0.25) is 0 Å². The molecule has 0 atom stereocenters. The Morgan fingerprint density at radius 3 is 2.56 bits per heavy atom. The lowest BCUT2D eigenvalue weighted by Gasteiger charge is -2.02. The van der Waals surface area contributed by atoms with Crippen LogP contribution in [-0.2, 0) is 4.79 Å². The average molecular weight is 254 g/mol. The summed E-state index contributed by atoms with van der Waals surface area (Å²) in [6, 6.07) is 3.49. The maximum absolute atomic E-state index is 10.7. The lowest BCUT2D eigenvalue weighted by atomic mass is 10.1. The molecule has 1 amide bonds. The third kappa shape index (κ3) is 5.01. The van der Waals surface area contributed by atoms with Gasteiger partial charge in [-0.05, 0) is 31.4 Å². The fraction of sp³-hybridized carbons (Fsp3) is 0.500. The van der Waals surface area contributed by atoms with E-state index < -0.39 is 0 Å². The maximum atomic E-state index is 10.7. The van der Waals surface area contributed by atoms with Gasteiger partial charge in [0.1, 0.15) is 5.71 Å². The first-order chi connectivity index (χ1) is 8.77. The summed E-state index contributed by atoms with van der Waals surface area (Å²) in [5, 5.41) is 20.4. The largest absolute Gasteiger partial charge is 0.463 e. The summed E-state index contributed by atoms with van der Waals surface area (Å²) in [5.41, 5.74) is 2.13. The summed E-state index contributed by atoms with van der Waals surface area (Å²) in [5.74, 6) is 0.223. The molecule has 6 nitrogen and oxygen atoms in total. The molecule has 0 saturated heterocycles. The van der Waals surface area contributed by atoms with Gasteiger partial charge in [-0.3, -0.25) is 10.0 Å². The molecule has 0 spiro atoms. The summed E-state index contributed by atoms with van der Waals surface area (Å²) in [6.45, 7) is 0. The van der Waals surface area contributed by atoms with E-state index in [1.807, 2.05) is 0 Å². The smallest absolute Gasteiger partial charge is 0.243 e. The van der Waals surface area contributed by atoms with Gasteiger partial charge in [-0.1, -0.05) is 18.0 Å². The molecule has 0 aliphatic carbocycles. The van der Waals surface area contributed by atoms with Crippen LogP contribution < -0.4 is 5.48 Å². The van der Waals surface area contributed by atoms with Crippen molar-refractivity contribution in [2.45, 2.75) is 38.5 Å². The van der Waals surface area contributed by atoms with Crippen molar-refractivity contribution in [3.8, 4) is 0 Å². The summed E-state index contributed by atoms with van der Waals surface area (Å²) >= 11 is 0. The van der Waals surface area contributed by atoms with Gasteiger partial charge in [0.15, 0.2) is 5.76 Å². The number of carbonyl (C=O) groups is 1. The Bertz CT molecular complexity index is 373. The highest BCUT2D eigenvalue weighted by molar-refractivity contribution is 5.97. The second-order valence-electron chi connectivity index (χ2n) is 3.97. The predicted molar refractivity (Wildman–Crippen MR) is 64.7 cm³/mol. The summed E-state index contributed by atoms with van der Waals surface area (Å²) in [6.07, 6.45) is 5.92. The zero-order chi connectivity index (χ0) is 13.2. The molecule has 100 valence electrons. The molecule has 0 aliphatic heterocycles. The molecule has 1 heterocycles. The highest BCUT2D eigenvalue weighted by Crippen LogP contribution is 2.11. The van der Waals surface area contributed by atoms with Crippen molar-refractivity contribution < 1.29 is 19.6 Å². The average Bonchev–Trinajstić information content (AvgIpc) is 2.91. The number of carbonyl (C=O) groups excluding carboxylic acids is 1. The second kappa shape index (κ2) is 8.30. The number of amides is 1. The number of nitrogens with one attached hydrogen (secondary N) is 1. The van der Waals surface area contributed by atoms with Gasteiger partial charge in [-0.25, -0.2) is 5.48 Å². The fourth-order valence-corrected chi connectivity index (χ4v) is 1.65. The van der Waals surface area contributed by atoms with E-state index in [4.69, 9.17) is 14.8 Å². The Kier molecular flexibility index (Phi) is 6.56. The minimum atomic E-state index is -0.358. The SMILES string of the molecule is O=C(CCCCCCC(=NO)c1ccco1)NO. The minimum absolute atomic E-state index is 0.329. The molecule has 18 heavy (non-hydrogen) atoms. The maximum Gasteiger partial charge on any atom is 0.243 e. The Morgan fingerprint density at radius 2 is 2.00 bits per heavy atom. The molecule has 1 aromatic rings. The molecular formula is C12H18N2O4. The molecule has 0 aromatic carbocycles. The van der Waals surface area contributed by atoms with Gasteiger partial charge in [0, 0.05) is 6.42 Å². The highest BCUT2D eigenvalue weighted by Gasteiger charge is 2.07. The van der Waals surface area contributed by atoms with Crippen LogP contribution in [0.1, 0.15) is 44.3 Å². The number of furan rings is 1. The van der Waals surface area contributed by atoms with Crippen LogP contribution in [0.15, 0.2) is 28.0 Å². The molecule has 0 fully saturated rings. The van der Waals surface area contributed by atoms with Crippen molar-refractivity contribution in [1.29, 1.82) is 0 Å². The lowest BCUT2D eigenvalue weighted by molar-refractivity contribution is -0.129. The molecule has 0 radical (unpaired) electrons. The molecule has 6 heteroatoms. The number of hydrogen-bond donors (Lipinski definition) is 3. The zero-order valence-electron chi connectivity index (χ0n) is 10.1. The molecule has 1 aromatic heterocycles. The lowest BCUT2D eigenvalue weighted by Crippen LogP contribution is -2.17.